The maximum Gasteiger partial charge on any atom is 0.433 e. The van der Waals surface area contributed by atoms with Crippen molar-refractivity contribution in [1.29, 1.82) is 0 Å². The monoisotopic (exact) mass is 427 g/mol. The molecule has 4 rings (SSSR count). The van der Waals surface area contributed by atoms with Crippen molar-refractivity contribution in [3.63, 3.8) is 0 Å². The molecule has 0 radical (unpaired) electrons. The number of nitrogens with zero attached hydrogens (tertiary/aromatic N) is 3. The maximum absolute atomic E-state index is 12.6. The predicted octanol–water partition coefficient (Wildman–Crippen LogP) is 5.33. The average molecular weight is 427 g/mol. The summed E-state index contributed by atoms with van der Waals surface area (Å²) >= 11 is 0. The van der Waals surface area contributed by atoms with Gasteiger partial charge in [-0.05, 0) is 60.6 Å². The van der Waals surface area contributed by atoms with E-state index < -0.39 is 11.9 Å². The van der Waals surface area contributed by atoms with Crippen LogP contribution >= 0.6 is 0 Å². The standard InChI is InChI=1S/C23H24F3N5/c1-13-6-19-17(12-30-22(19)29-9-13)8-18-14(2)7-21(31-15(18)3)28-11-16-4-5-20(27-10-16)23(24,25)26/h4-6,9-10,12,14H,7-8,11H2,1-3H3,(H,28,31)(H,29,30). The summed E-state index contributed by atoms with van der Waals surface area (Å²) in [6.45, 7) is 6.54. The van der Waals surface area contributed by atoms with E-state index >= 15 is 0 Å². The number of fused-ring (bicyclic) bond motifs is 1. The van der Waals surface area contributed by atoms with Crippen molar-refractivity contribution in [2.75, 3.05) is 0 Å². The molecule has 8 heteroatoms. The smallest absolute Gasteiger partial charge is 0.348 e. The van der Waals surface area contributed by atoms with Crippen LogP contribution in [0.4, 0.5) is 13.2 Å². The first-order valence-corrected chi connectivity index (χ1v) is 10.2. The summed E-state index contributed by atoms with van der Waals surface area (Å²) in [5.41, 5.74) is 5.37. The first-order chi connectivity index (χ1) is 14.7. The molecule has 0 spiro atoms. The molecule has 1 unspecified atom stereocenters. The van der Waals surface area contributed by atoms with Crippen molar-refractivity contribution < 1.29 is 13.2 Å². The minimum absolute atomic E-state index is 0.288. The van der Waals surface area contributed by atoms with Gasteiger partial charge >= 0.3 is 6.18 Å². The van der Waals surface area contributed by atoms with Crippen LogP contribution in [-0.4, -0.2) is 20.8 Å². The third kappa shape index (κ3) is 4.62. The molecule has 2 N–H and O–H groups in total. The SMILES string of the molecule is CC1=C(Cc2c[nH]c3ncc(C)cc23)C(C)CC(=NCc2ccc(C(F)(F)F)nc2)N1. The highest BCUT2D eigenvalue weighted by Gasteiger charge is 2.32. The number of alkyl halides is 3. The number of nitrogens with one attached hydrogen (secondary N) is 2. The van der Waals surface area contributed by atoms with Gasteiger partial charge in [-0.3, -0.25) is 9.98 Å². The van der Waals surface area contributed by atoms with Crippen molar-refractivity contribution >= 4 is 16.9 Å². The van der Waals surface area contributed by atoms with E-state index in [4.69, 9.17) is 0 Å². The largest absolute Gasteiger partial charge is 0.433 e. The Morgan fingerprint density at radius 1 is 1.16 bits per heavy atom. The molecular formula is C23H24F3N5. The highest BCUT2D eigenvalue weighted by Crippen LogP contribution is 2.30. The number of aliphatic imine (C=N–C) groups is 1. The lowest BCUT2D eigenvalue weighted by Crippen LogP contribution is -2.32. The molecule has 3 aromatic heterocycles. The number of allylic oxidation sites excluding steroid dienone is 2. The number of amidine groups is 1. The summed E-state index contributed by atoms with van der Waals surface area (Å²) in [6.07, 6.45) is 2.25. The minimum atomic E-state index is -4.43. The summed E-state index contributed by atoms with van der Waals surface area (Å²) in [6, 6.07) is 4.57. The van der Waals surface area contributed by atoms with E-state index in [1.165, 1.54) is 23.4 Å². The number of rotatable bonds is 4. The molecule has 0 aromatic carbocycles. The van der Waals surface area contributed by atoms with Crippen LogP contribution in [0.2, 0.25) is 0 Å². The Bertz CT molecular complexity index is 1160. The molecule has 4 heterocycles. The molecule has 5 nitrogen and oxygen atoms in total. The number of halogens is 3. The predicted molar refractivity (Wildman–Crippen MR) is 115 cm³/mol. The molecule has 0 bridgehead atoms. The van der Waals surface area contributed by atoms with Crippen molar-refractivity contribution in [3.05, 3.63) is 70.4 Å². The molecule has 3 aromatic rings. The zero-order chi connectivity index (χ0) is 22.2. The Morgan fingerprint density at radius 2 is 1.97 bits per heavy atom. The number of aromatic nitrogens is 3. The van der Waals surface area contributed by atoms with Gasteiger partial charge < -0.3 is 10.3 Å². The third-order valence-corrected chi connectivity index (χ3v) is 5.61. The lowest BCUT2D eigenvalue weighted by Gasteiger charge is -2.27. The van der Waals surface area contributed by atoms with Crippen LogP contribution in [0.5, 0.6) is 0 Å². The van der Waals surface area contributed by atoms with Gasteiger partial charge in [0.25, 0.3) is 0 Å². The molecule has 0 saturated heterocycles. The number of hydrogen-bond acceptors (Lipinski definition) is 3. The van der Waals surface area contributed by atoms with Crippen LogP contribution in [0, 0.1) is 12.8 Å². The number of hydrogen-bond donors (Lipinski definition) is 2. The van der Waals surface area contributed by atoms with Crippen molar-refractivity contribution in [2.24, 2.45) is 10.9 Å². The summed E-state index contributed by atoms with van der Waals surface area (Å²) in [7, 11) is 0. The van der Waals surface area contributed by atoms with Gasteiger partial charge in [-0.2, -0.15) is 13.2 Å². The Morgan fingerprint density at radius 3 is 2.65 bits per heavy atom. The fraction of sp³-hybridized carbons (Fsp3) is 0.348. The first kappa shape index (κ1) is 21.1. The van der Waals surface area contributed by atoms with E-state index in [2.05, 4.69) is 38.3 Å². The highest BCUT2D eigenvalue weighted by molar-refractivity contribution is 5.86. The van der Waals surface area contributed by atoms with Crippen molar-refractivity contribution in [2.45, 2.75) is 46.3 Å². The average Bonchev–Trinajstić information content (AvgIpc) is 3.10. The lowest BCUT2D eigenvalue weighted by atomic mass is 9.87. The second-order valence-electron chi connectivity index (χ2n) is 8.09. The summed E-state index contributed by atoms with van der Waals surface area (Å²) in [5, 5.41) is 4.52. The van der Waals surface area contributed by atoms with Crippen molar-refractivity contribution in [3.8, 4) is 0 Å². The molecule has 0 amide bonds. The number of pyridine rings is 2. The fourth-order valence-electron chi connectivity index (χ4n) is 3.93. The van der Waals surface area contributed by atoms with Crippen LogP contribution in [-0.2, 0) is 19.1 Å². The van der Waals surface area contributed by atoms with Crippen LogP contribution in [0.3, 0.4) is 0 Å². The Kier molecular flexibility index (Phi) is 5.56. The zero-order valence-electron chi connectivity index (χ0n) is 17.6. The molecule has 0 saturated carbocycles. The van der Waals surface area contributed by atoms with Gasteiger partial charge in [0.1, 0.15) is 17.2 Å². The molecule has 1 aliphatic rings. The summed E-state index contributed by atoms with van der Waals surface area (Å²) in [5.74, 6) is 1.14. The van der Waals surface area contributed by atoms with E-state index in [1.807, 2.05) is 26.2 Å². The van der Waals surface area contributed by atoms with E-state index in [0.717, 1.165) is 47.0 Å². The zero-order valence-corrected chi connectivity index (χ0v) is 17.6. The normalized spacial score (nSPS) is 18.6. The molecule has 1 atom stereocenters. The fourth-order valence-corrected chi connectivity index (χ4v) is 3.93. The molecule has 1 aliphatic heterocycles. The number of H-pyrrole nitrogens is 1. The second kappa shape index (κ2) is 8.17. The van der Waals surface area contributed by atoms with E-state index in [1.54, 1.807) is 0 Å². The summed E-state index contributed by atoms with van der Waals surface area (Å²) in [4.78, 5) is 15.8. The quantitative estimate of drug-likeness (QED) is 0.592. The van der Waals surface area contributed by atoms with E-state index in [-0.39, 0.29) is 6.54 Å². The minimum Gasteiger partial charge on any atom is -0.348 e. The molecule has 0 fully saturated rings. The first-order valence-electron chi connectivity index (χ1n) is 10.2. The number of aryl methyl sites for hydroxylation is 1. The van der Waals surface area contributed by atoms with E-state index in [0.29, 0.717) is 11.5 Å². The maximum atomic E-state index is 12.6. The van der Waals surface area contributed by atoms with E-state index in [9.17, 15) is 13.2 Å². The van der Waals surface area contributed by atoms with Gasteiger partial charge in [0.15, 0.2) is 0 Å². The topological polar surface area (TPSA) is 66.0 Å². The molecule has 31 heavy (non-hydrogen) atoms. The third-order valence-electron chi connectivity index (χ3n) is 5.61. The second-order valence-corrected chi connectivity index (χ2v) is 8.09. The van der Waals surface area contributed by atoms with Crippen molar-refractivity contribution in [1.82, 2.24) is 20.3 Å². The van der Waals surface area contributed by atoms with Gasteiger partial charge in [0.05, 0.1) is 6.54 Å². The lowest BCUT2D eigenvalue weighted by molar-refractivity contribution is -0.141. The summed E-state index contributed by atoms with van der Waals surface area (Å²) < 4.78 is 37.9. The van der Waals surface area contributed by atoms with Gasteiger partial charge in [-0.15, -0.1) is 0 Å². The highest BCUT2D eigenvalue weighted by atomic mass is 19.4. The van der Waals surface area contributed by atoms with Gasteiger partial charge in [-0.1, -0.05) is 13.0 Å². The van der Waals surface area contributed by atoms with Crippen LogP contribution in [0.1, 0.15) is 42.7 Å². The molecule has 162 valence electrons. The Hall–Kier alpha value is -3.16. The van der Waals surface area contributed by atoms with Gasteiger partial charge in [0.2, 0.25) is 0 Å². The van der Waals surface area contributed by atoms with Crippen LogP contribution in [0.25, 0.3) is 11.0 Å². The van der Waals surface area contributed by atoms with Crippen LogP contribution < -0.4 is 5.32 Å². The van der Waals surface area contributed by atoms with Crippen LogP contribution in [0.15, 0.2) is 53.1 Å². The van der Waals surface area contributed by atoms with Gasteiger partial charge in [0, 0.05) is 36.1 Å². The molecular weight excluding hydrogens is 403 g/mol. The Labute approximate surface area is 178 Å². The Balaban J connectivity index is 1.48. The van der Waals surface area contributed by atoms with Gasteiger partial charge in [-0.25, -0.2) is 4.98 Å². The molecule has 0 aliphatic carbocycles. The number of aromatic amines is 1.